The zero-order valence-corrected chi connectivity index (χ0v) is 12.2. The zero-order valence-electron chi connectivity index (χ0n) is 12.2. The molecule has 2 N–H and O–H groups in total. The molecule has 0 unspecified atom stereocenters. The summed E-state index contributed by atoms with van der Waals surface area (Å²) >= 11 is 0. The second kappa shape index (κ2) is 5.67. The van der Waals surface area contributed by atoms with Crippen molar-refractivity contribution in [3.63, 3.8) is 0 Å². The van der Waals surface area contributed by atoms with Crippen molar-refractivity contribution < 1.29 is 14.0 Å². The number of hydrogen-bond donors (Lipinski definition) is 2. The standard InChI is InChI=1S/C15H17N3O4/c1-9(19)18-6-4-10(5-7-18)14(20)16-11-2-3-13-12(8-11)17-15(21)22-13/h2-3,8,10H,4-7H2,1H3,(H,16,20)(H,17,21). The minimum atomic E-state index is -0.518. The second-order valence-corrected chi connectivity index (χ2v) is 5.50. The average Bonchev–Trinajstić information content (AvgIpc) is 2.86. The molecule has 116 valence electrons. The van der Waals surface area contributed by atoms with Crippen LogP contribution in [0, 0.1) is 5.92 Å². The molecule has 1 aromatic heterocycles. The maximum atomic E-state index is 12.3. The van der Waals surface area contributed by atoms with E-state index in [4.69, 9.17) is 4.42 Å². The van der Waals surface area contributed by atoms with Crippen molar-refractivity contribution in [2.24, 2.45) is 5.92 Å². The maximum Gasteiger partial charge on any atom is 0.417 e. The Labute approximate surface area is 126 Å². The highest BCUT2D eigenvalue weighted by atomic mass is 16.4. The molecule has 1 aliphatic heterocycles. The van der Waals surface area contributed by atoms with Gasteiger partial charge in [-0.3, -0.25) is 14.6 Å². The Morgan fingerprint density at radius 1 is 1.32 bits per heavy atom. The summed E-state index contributed by atoms with van der Waals surface area (Å²) < 4.78 is 4.92. The Kier molecular flexibility index (Phi) is 3.70. The predicted molar refractivity (Wildman–Crippen MR) is 80.4 cm³/mol. The second-order valence-electron chi connectivity index (χ2n) is 5.50. The molecule has 2 aromatic rings. The molecule has 1 saturated heterocycles. The molecule has 3 rings (SSSR count). The van der Waals surface area contributed by atoms with E-state index in [0.717, 1.165) is 0 Å². The summed E-state index contributed by atoms with van der Waals surface area (Å²) in [5.74, 6) is -0.633. The number of anilines is 1. The van der Waals surface area contributed by atoms with Crippen molar-refractivity contribution in [3.05, 3.63) is 28.7 Å². The third-order valence-corrected chi connectivity index (χ3v) is 4.00. The van der Waals surface area contributed by atoms with E-state index in [9.17, 15) is 14.4 Å². The highest BCUT2D eigenvalue weighted by Crippen LogP contribution is 2.21. The highest BCUT2D eigenvalue weighted by Gasteiger charge is 2.26. The molecule has 0 atom stereocenters. The first-order valence-electron chi connectivity index (χ1n) is 7.22. The molecule has 2 amide bonds. The fourth-order valence-corrected chi connectivity index (χ4v) is 2.73. The van der Waals surface area contributed by atoms with Crippen molar-refractivity contribution in [3.8, 4) is 0 Å². The summed E-state index contributed by atoms with van der Waals surface area (Å²) in [6.07, 6.45) is 1.33. The van der Waals surface area contributed by atoms with E-state index in [1.807, 2.05) is 0 Å². The minimum Gasteiger partial charge on any atom is -0.408 e. The number of benzene rings is 1. The smallest absolute Gasteiger partial charge is 0.408 e. The lowest BCUT2D eigenvalue weighted by molar-refractivity contribution is -0.132. The Morgan fingerprint density at radius 3 is 2.73 bits per heavy atom. The number of carbonyl (C=O) groups excluding carboxylic acids is 2. The first-order chi connectivity index (χ1) is 10.5. The van der Waals surface area contributed by atoms with Crippen LogP contribution in [0.5, 0.6) is 0 Å². The Bertz CT molecular complexity index is 768. The predicted octanol–water partition coefficient (Wildman–Crippen LogP) is 1.32. The van der Waals surface area contributed by atoms with Crippen LogP contribution in [0.25, 0.3) is 11.1 Å². The number of aromatic amines is 1. The van der Waals surface area contributed by atoms with Gasteiger partial charge in [0.25, 0.3) is 0 Å². The van der Waals surface area contributed by atoms with Crippen LogP contribution >= 0.6 is 0 Å². The van der Waals surface area contributed by atoms with E-state index in [-0.39, 0.29) is 17.7 Å². The number of carbonyl (C=O) groups is 2. The van der Waals surface area contributed by atoms with Crippen LogP contribution in [-0.2, 0) is 9.59 Å². The number of nitrogens with zero attached hydrogens (tertiary/aromatic N) is 1. The number of amides is 2. The topological polar surface area (TPSA) is 95.4 Å². The van der Waals surface area contributed by atoms with Gasteiger partial charge < -0.3 is 14.6 Å². The van der Waals surface area contributed by atoms with Gasteiger partial charge in [0, 0.05) is 31.6 Å². The van der Waals surface area contributed by atoms with E-state index < -0.39 is 5.76 Å². The van der Waals surface area contributed by atoms with Crippen LogP contribution in [0.15, 0.2) is 27.4 Å². The minimum absolute atomic E-state index is 0.0493. The summed E-state index contributed by atoms with van der Waals surface area (Å²) in [4.78, 5) is 39.0. The molecule has 0 spiro atoms. The lowest BCUT2D eigenvalue weighted by atomic mass is 9.96. The summed E-state index contributed by atoms with van der Waals surface area (Å²) in [5.41, 5.74) is 1.62. The highest BCUT2D eigenvalue weighted by molar-refractivity contribution is 5.94. The molecular weight excluding hydrogens is 286 g/mol. The summed E-state index contributed by atoms with van der Waals surface area (Å²) in [5, 5.41) is 2.85. The third kappa shape index (κ3) is 2.88. The van der Waals surface area contributed by atoms with Gasteiger partial charge >= 0.3 is 5.76 Å². The van der Waals surface area contributed by atoms with Crippen LogP contribution in [0.3, 0.4) is 0 Å². The Morgan fingerprint density at radius 2 is 2.05 bits per heavy atom. The molecule has 0 bridgehead atoms. The molecule has 2 heterocycles. The summed E-state index contributed by atoms with van der Waals surface area (Å²) in [7, 11) is 0. The molecule has 22 heavy (non-hydrogen) atoms. The number of nitrogens with one attached hydrogen (secondary N) is 2. The van der Waals surface area contributed by atoms with E-state index in [2.05, 4.69) is 10.3 Å². The molecule has 1 aromatic carbocycles. The third-order valence-electron chi connectivity index (χ3n) is 4.00. The van der Waals surface area contributed by atoms with Crippen molar-refractivity contribution in [2.45, 2.75) is 19.8 Å². The van der Waals surface area contributed by atoms with Gasteiger partial charge in [-0.1, -0.05) is 0 Å². The van der Waals surface area contributed by atoms with E-state index in [1.165, 1.54) is 0 Å². The summed E-state index contributed by atoms with van der Waals surface area (Å²) in [6.45, 7) is 2.77. The Hall–Kier alpha value is -2.57. The number of likely N-dealkylation sites (tertiary alicyclic amines) is 1. The van der Waals surface area contributed by atoms with Crippen LogP contribution in [0.4, 0.5) is 5.69 Å². The number of rotatable bonds is 2. The number of fused-ring (bicyclic) bond motifs is 1. The van der Waals surface area contributed by atoms with Gasteiger partial charge in [0.2, 0.25) is 11.8 Å². The number of aromatic nitrogens is 1. The van der Waals surface area contributed by atoms with E-state index in [1.54, 1.807) is 30.0 Å². The van der Waals surface area contributed by atoms with Crippen molar-refractivity contribution in [1.82, 2.24) is 9.88 Å². The van der Waals surface area contributed by atoms with Crippen LogP contribution in [-0.4, -0.2) is 34.8 Å². The number of hydrogen-bond acceptors (Lipinski definition) is 4. The van der Waals surface area contributed by atoms with Gasteiger partial charge in [0.15, 0.2) is 5.58 Å². The normalized spacial score (nSPS) is 16.0. The van der Waals surface area contributed by atoms with E-state index in [0.29, 0.717) is 42.7 Å². The SMILES string of the molecule is CC(=O)N1CCC(C(=O)Nc2ccc3oc(=O)[nH]c3c2)CC1. The Balaban J connectivity index is 1.65. The maximum absolute atomic E-state index is 12.3. The summed E-state index contributed by atoms with van der Waals surface area (Å²) in [6, 6.07) is 5.01. The van der Waals surface area contributed by atoms with Crippen LogP contribution in [0.1, 0.15) is 19.8 Å². The van der Waals surface area contributed by atoms with Gasteiger partial charge in [0.1, 0.15) is 0 Å². The fraction of sp³-hybridized carbons (Fsp3) is 0.400. The van der Waals surface area contributed by atoms with Gasteiger partial charge in [-0.2, -0.15) is 0 Å². The number of piperidine rings is 1. The lowest BCUT2D eigenvalue weighted by Gasteiger charge is -2.30. The first kappa shape index (κ1) is 14.4. The fourth-order valence-electron chi connectivity index (χ4n) is 2.73. The van der Waals surface area contributed by atoms with Gasteiger partial charge in [-0.15, -0.1) is 0 Å². The number of oxazole rings is 1. The first-order valence-corrected chi connectivity index (χ1v) is 7.22. The van der Waals surface area contributed by atoms with Gasteiger partial charge in [-0.25, -0.2) is 4.79 Å². The zero-order chi connectivity index (χ0) is 15.7. The van der Waals surface area contributed by atoms with Crippen molar-refractivity contribution in [2.75, 3.05) is 18.4 Å². The lowest BCUT2D eigenvalue weighted by Crippen LogP contribution is -2.40. The van der Waals surface area contributed by atoms with Crippen molar-refractivity contribution >= 4 is 28.6 Å². The van der Waals surface area contributed by atoms with E-state index >= 15 is 0 Å². The molecule has 0 aliphatic carbocycles. The molecule has 1 fully saturated rings. The average molecular weight is 303 g/mol. The van der Waals surface area contributed by atoms with Crippen LogP contribution < -0.4 is 11.1 Å². The largest absolute Gasteiger partial charge is 0.417 e. The van der Waals surface area contributed by atoms with Crippen molar-refractivity contribution in [1.29, 1.82) is 0 Å². The number of H-pyrrole nitrogens is 1. The molecule has 0 saturated carbocycles. The molecule has 7 nitrogen and oxygen atoms in total. The molecule has 1 aliphatic rings. The monoisotopic (exact) mass is 303 g/mol. The molecule has 0 radical (unpaired) electrons. The quantitative estimate of drug-likeness (QED) is 0.874. The van der Waals surface area contributed by atoms with Gasteiger partial charge in [0.05, 0.1) is 5.52 Å². The van der Waals surface area contributed by atoms with Gasteiger partial charge in [-0.05, 0) is 31.0 Å². The molecule has 7 heteroatoms. The van der Waals surface area contributed by atoms with Crippen LogP contribution in [0.2, 0.25) is 0 Å². The molecular formula is C15H17N3O4.